The van der Waals surface area contributed by atoms with Gasteiger partial charge < -0.3 is 14.2 Å². The maximum absolute atomic E-state index is 12.2. The van der Waals surface area contributed by atoms with Crippen LogP contribution in [0.15, 0.2) is 36.4 Å². The van der Waals surface area contributed by atoms with E-state index >= 15 is 0 Å². The van der Waals surface area contributed by atoms with Gasteiger partial charge in [0.1, 0.15) is 12.4 Å². The fourth-order valence-corrected chi connectivity index (χ4v) is 2.40. The van der Waals surface area contributed by atoms with E-state index in [1.165, 1.54) is 12.1 Å². The van der Waals surface area contributed by atoms with Gasteiger partial charge in [-0.05, 0) is 36.4 Å². The highest BCUT2D eigenvalue weighted by atomic mass is 35.5. The van der Waals surface area contributed by atoms with Crippen LogP contribution in [-0.4, -0.2) is 32.6 Å². The summed E-state index contributed by atoms with van der Waals surface area (Å²) in [5.41, 5.74) is 0.386. The second-order valence-corrected chi connectivity index (χ2v) is 5.52. The van der Waals surface area contributed by atoms with Gasteiger partial charge in [0.25, 0.3) is 0 Å². The summed E-state index contributed by atoms with van der Waals surface area (Å²) in [4.78, 5) is 23.3. The predicted molar refractivity (Wildman–Crippen MR) is 90.6 cm³/mol. The first-order valence-electron chi connectivity index (χ1n) is 6.93. The second kappa shape index (κ2) is 8.68. The zero-order chi connectivity index (χ0) is 17.5. The lowest BCUT2D eigenvalue weighted by atomic mass is 10.2. The molecule has 2 aromatic carbocycles. The molecular formula is C17H14Cl2O5. The number of carbonyl (C=O) groups excluding carboxylic acids is 2. The predicted octanol–water partition coefficient (Wildman–Crippen LogP) is 4.05. The highest BCUT2D eigenvalue weighted by molar-refractivity contribution is 6.36. The van der Waals surface area contributed by atoms with Gasteiger partial charge in [-0.1, -0.05) is 23.2 Å². The number of esters is 1. The molecule has 5 nitrogen and oxygen atoms in total. The number of aldehydes is 1. The third-order valence-electron chi connectivity index (χ3n) is 3.01. The first kappa shape index (κ1) is 18.3. The van der Waals surface area contributed by atoms with Gasteiger partial charge in [-0.25, -0.2) is 4.79 Å². The molecule has 0 aliphatic rings. The van der Waals surface area contributed by atoms with Crippen LogP contribution < -0.4 is 9.47 Å². The van der Waals surface area contributed by atoms with Gasteiger partial charge in [0, 0.05) is 12.1 Å². The SMILES string of the molecule is COCCOc1ccc(C(=O)Oc2c(Cl)cc(Cl)cc2C=O)cc1. The van der Waals surface area contributed by atoms with Crippen LogP contribution in [0.4, 0.5) is 0 Å². The standard InChI is InChI=1S/C17H14Cl2O5/c1-22-6-7-23-14-4-2-11(3-5-14)17(21)24-16-12(10-20)8-13(18)9-15(16)19/h2-5,8-10H,6-7H2,1H3. The van der Waals surface area contributed by atoms with Crippen LogP contribution in [0.1, 0.15) is 20.7 Å². The fraction of sp³-hybridized carbons (Fsp3) is 0.176. The van der Waals surface area contributed by atoms with E-state index in [4.69, 9.17) is 37.4 Å². The maximum Gasteiger partial charge on any atom is 0.343 e. The minimum absolute atomic E-state index is 0.0264. The quantitative estimate of drug-likeness (QED) is 0.319. The normalized spacial score (nSPS) is 10.3. The number of hydrogen-bond donors (Lipinski definition) is 0. The molecule has 0 saturated heterocycles. The highest BCUT2D eigenvalue weighted by Crippen LogP contribution is 2.32. The molecule has 0 fully saturated rings. The molecule has 0 heterocycles. The smallest absolute Gasteiger partial charge is 0.343 e. The number of hydrogen-bond acceptors (Lipinski definition) is 5. The zero-order valence-corrected chi connectivity index (χ0v) is 14.3. The fourth-order valence-electron chi connectivity index (χ4n) is 1.86. The summed E-state index contributed by atoms with van der Waals surface area (Å²) >= 11 is 11.8. The largest absolute Gasteiger partial charge is 0.491 e. The summed E-state index contributed by atoms with van der Waals surface area (Å²) in [6.07, 6.45) is 0.521. The minimum atomic E-state index is -0.647. The van der Waals surface area contributed by atoms with Gasteiger partial charge in [0.05, 0.1) is 22.8 Å². The molecule has 0 aliphatic carbocycles. The molecule has 0 aromatic heterocycles. The number of carbonyl (C=O) groups is 2. The Hall–Kier alpha value is -2.08. The number of benzene rings is 2. The molecule has 2 rings (SSSR count). The van der Waals surface area contributed by atoms with Gasteiger partial charge in [0.2, 0.25) is 0 Å². The summed E-state index contributed by atoms with van der Waals surface area (Å²) in [5.74, 6) is -0.0750. The van der Waals surface area contributed by atoms with E-state index in [9.17, 15) is 9.59 Å². The van der Waals surface area contributed by atoms with Crippen LogP contribution in [0.3, 0.4) is 0 Å². The van der Waals surface area contributed by atoms with Crippen molar-refractivity contribution in [1.29, 1.82) is 0 Å². The summed E-state index contributed by atoms with van der Waals surface area (Å²) in [5, 5.41) is 0.358. The number of rotatable bonds is 7. The van der Waals surface area contributed by atoms with Crippen molar-refractivity contribution in [3.63, 3.8) is 0 Å². The monoisotopic (exact) mass is 368 g/mol. The summed E-state index contributed by atoms with van der Waals surface area (Å²) in [6, 6.07) is 9.14. The molecule has 7 heteroatoms. The van der Waals surface area contributed by atoms with E-state index in [1.807, 2.05) is 0 Å². The van der Waals surface area contributed by atoms with Crippen LogP contribution in [0.2, 0.25) is 10.0 Å². The molecule has 126 valence electrons. The van der Waals surface area contributed by atoms with Crippen LogP contribution >= 0.6 is 23.2 Å². The molecular weight excluding hydrogens is 355 g/mol. The van der Waals surface area contributed by atoms with Crippen LogP contribution in [-0.2, 0) is 4.74 Å². The van der Waals surface area contributed by atoms with E-state index in [0.717, 1.165) is 0 Å². The molecule has 0 spiro atoms. The molecule has 0 radical (unpaired) electrons. The Labute approximate surface area is 149 Å². The number of methoxy groups -OCH3 is 1. The topological polar surface area (TPSA) is 61.8 Å². The molecule has 0 aliphatic heterocycles. The molecule has 0 saturated carbocycles. The lowest BCUT2D eigenvalue weighted by Crippen LogP contribution is -2.10. The van der Waals surface area contributed by atoms with Crippen LogP contribution in [0.5, 0.6) is 11.5 Å². The van der Waals surface area contributed by atoms with Crippen molar-refractivity contribution in [3.05, 3.63) is 57.6 Å². The van der Waals surface area contributed by atoms with Gasteiger partial charge >= 0.3 is 5.97 Å². The molecule has 2 aromatic rings. The van der Waals surface area contributed by atoms with E-state index in [1.54, 1.807) is 31.4 Å². The van der Waals surface area contributed by atoms with Crippen molar-refractivity contribution in [2.75, 3.05) is 20.3 Å². The lowest BCUT2D eigenvalue weighted by molar-refractivity contribution is 0.0733. The molecule has 0 bridgehead atoms. The van der Waals surface area contributed by atoms with E-state index in [-0.39, 0.29) is 26.9 Å². The van der Waals surface area contributed by atoms with Crippen molar-refractivity contribution < 1.29 is 23.8 Å². The summed E-state index contributed by atoms with van der Waals surface area (Å²) in [6.45, 7) is 0.872. The Morgan fingerprint density at radius 1 is 1.12 bits per heavy atom. The van der Waals surface area contributed by atoms with Crippen molar-refractivity contribution >= 4 is 35.5 Å². The first-order chi connectivity index (χ1) is 11.5. The van der Waals surface area contributed by atoms with Crippen LogP contribution in [0.25, 0.3) is 0 Å². The zero-order valence-electron chi connectivity index (χ0n) is 12.8. The Kier molecular flexibility index (Phi) is 6.61. The molecule has 0 unspecified atom stereocenters. The van der Waals surface area contributed by atoms with Gasteiger partial charge in [-0.2, -0.15) is 0 Å². The van der Waals surface area contributed by atoms with E-state index in [2.05, 4.69) is 0 Å². The summed E-state index contributed by atoms with van der Waals surface area (Å²) < 4.78 is 15.5. The van der Waals surface area contributed by atoms with Crippen molar-refractivity contribution in [3.8, 4) is 11.5 Å². The van der Waals surface area contributed by atoms with Crippen molar-refractivity contribution in [2.45, 2.75) is 0 Å². The van der Waals surface area contributed by atoms with Crippen molar-refractivity contribution in [1.82, 2.24) is 0 Å². The van der Waals surface area contributed by atoms with Crippen LogP contribution in [0, 0.1) is 0 Å². The second-order valence-electron chi connectivity index (χ2n) is 4.68. The highest BCUT2D eigenvalue weighted by Gasteiger charge is 2.16. The maximum atomic E-state index is 12.2. The number of ether oxygens (including phenoxy) is 3. The third-order valence-corrected chi connectivity index (χ3v) is 3.50. The Bertz CT molecular complexity index is 729. The Morgan fingerprint density at radius 2 is 1.83 bits per heavy atom. The lowest BCUT2D eigenvalue weighted by Gasteiger charge is -2.10. The molecule has 0 N–H and O–H groups in total. The minimum Gasteiger partial charge on any atom is -0.491 e. The van der Waals surface area contributed by atoms with Crippen molar-refractivity contribution in [2.24, 2.45) is 0 Å². The molecule has 24 heavy (non-hydrogen) atoms. The van der Waals surface area contributed by atoms with E-state index in [0.29, 0.717) is 25.2 Å². The summed E-state index contributed by atoms with van der Waals surface area (Å²) in [7, 11) is 1.58. The molecule has 0 atom stereocenters. The third kappa shape index (κ3) is 4.71. The van der Waals surface area contributed by atoms with Gasteiger partial charge in [0.15, 0.2) is 12.0 Å². The van der Waals surface area contributed by atoms with Gasteiger partial charge in [-0.3, -0.25) is 4.79 Å². The Balaban J connectivity index is 2.11. The van der Waals surface area contributed by atoms with Gasteiger partial charge in [-0.15, -0.1) is 0 Å². The first-order valence-corrected chi connectivity index (χ1v) is 7.69. The average molecular weight is 369 g/mol. The molecule has 0 amide bonds. The Morgan fingerprint density at radius 3 is 2.46 bits per heavy atom. The average Bonchev–Trinajstić information content (AvgIpc) is 2.57. The number of halogens is 2. The van der Waals surface area contributed by atoms with E-state index < -0.39 is 5.97 Å².